The van der Waals surface area contributed by atoms with Gasteiger partial charge in [-0.3, -0.25) is 14.5 Å². The van der Waals surface area contributed by atoms with E-state index in [0.717, 1.165) is 16.8 Å². The number of nitrogens with one attached hydrogen (secondary N) is 1. The second-order valence-corrected chi connectivity index (χ2v) is 9.90. The van der Waals surface area contributed by atoms with Crippen molar-refractivity contribution in [2.45, 2.75) is 13.8 Å². The molecule has 1 aliphatic heterocycles. The molecule has 0 saturated carbocycles. The molecule has 3 aromatic carbocycles. The van der Waals surface area contributed by atoms with Crippen molar-refractivity contribution in [1.29, 1.82) is 0 Å². The number of ether oxygens (including phenoxy) is 2. The number of thiocarbonyl (C=S) groups is 1. The quantitative estimate of drug-likeness (QED) is 0.262. The summed E-state index contributed by atoms with van der Waals surface area (Å²) in [4.78, 5) is 27.5. The maximum absolute atomic E-state index is 13.1. The van der Waals surface area contributed by atoms with Crippen LogP contribution in [0.1, 0.15) is 18.1 Å². The number of rotatable bonds is 8. The van der Waals surface area contributed by atoms with Crippen molar-refractivity contribution in [2.24, 2.45) is 0 Å². The van der Waals surface area contributed by atoms with Crippen LogP contribution in [0, 0.1) is 6.92 Å². The fraction of sp³-hybridized carbons (Fsp3) is 0.148. The lowest BCUT2D eigenvalue weighted by molar-refractivity contribution is -0.118. The van der Waals surface area contributed by atoms with Crippen LogP contribution in [-0.4, -0.2) is 29.3 Å². The van der Waals surface area contributed by atoms with Crippen LogP contribution in [0.2, 0.25) is 5.02 Å². The first-order chi connectivity index (χ1) is 17.4. The van der Waals surface area contributed by atoms with E-state index in [9.17, 15) is 9.59 Å². The molecule has 3 aromatic rings. The van der Waals surface area contributed by atoms with E-state index in [1.165, 1.54) is 11.8 Å². The van der Waals surface area contributed by atoms with Crippen molar-refractivity contribution < 1.29 is 19.1 Å². The van der Waals surface area contributed by atoms with Crippen molar-refractivity contribution in [2.75, 3.05) is 23.4 Å². The van der Waals surface area contributed by atoms with Crippen molar-refractivity contribution in [3.05, 3.63) is 87.8 Å². The van der Waals surface area contributed by atoms with E-state index in [4.69, 9.17) is 33.3 Å². The minimum absolute atomic E-state index is 0.171. The summed E-state index contributed by atoms with van der Waals surface area (Å²) in [7, 11) is 0. The summed E-state index contributed by atoms with van der Waals surface area (Å²) in [6.45, 7) is 4.00. The van der Waals surface area contributed by atoms with Gasteiger partial charge in [-0.1, -0.05) is 65.9 Å². The van der Waals surface area contributed by atoms with Gasteiger partial charge in [0.25, 0.3) is 11.8 Å². The Hall–Kier alpha value is -3.33. The van der Waals surface area contributed by atoms with Gasteiger partial charge in [0.1, 0.15) is 0 Å². The summed E-state index contributed by atoms with van der Waals surface area (Å²) in [5.41, 5.74) is 3.08. The number of halogens is 1. The van der Waals surface area contributed by atoms with E-state index in [0.29, 0.717) is 38.0 Å². The van der Waals surface area contributed by atoms with Gasteiger partial charge in [-0.05, 0) is 67.4 Å². The van der Waals surface area contributed by atoms with E-state index in [-0.39, 0.29) is 18.4 Å². The Kier molecular flexibility index (Phi) is 8.30. The number of nitrogens with zero attached hydrogens (tertiary/aromatic N) is 1. The Labute approximate surface area is 224 Å². The molecule has 1 aliphatic rings. The highest BCUT2D eigenvalue weighted by molar-refractivity contribution is 8.27. The minimum Gasteiger partial charge on any atom is -0.490 e. The summed E-state index contributed by atoms with van der Waals surface area (Å²) in [5, 5.41) is 3.27. The molecule has 1 N–H and O–H groups in total. The van der Waals surface area contributed by atoms with Crippen molar-refractivity contribution in [1.82, 2.24) is 0 Å². The highest BCUT2D eigenvalue weighted by atomic mass is 35.5. The fourth-order valence-corrected chi connectivity index (χ4v) is 5.02. The topological polar surface area (TPSA) is 67.9 Å². The van der Waals surface area contributed by atoms with Gasteiger partial charge in [-0.2, -0.15) is 0 Å². The van der Waals surface area contributed by atoms with Gasteiger partial charge in [0.05, 0.1) is 17.2 Å². The van der Waals surface area contributed by atoms with Gasteiger partial charge in [0, 0.05) is 10.7 Å². The normalized spacial score (nSPS) is 14.3. The van der Waals surface area contributed by atoms with Gasteiger partial charge < -0.3 is 14.8 Å². The molecule has 184 valence electrons. The number of carbonyl (C=O) groups is 2. The number of thioether (sulfide) groups is 1. The second-order valence-electron chi connectivity index (χ2n) is 7.79. The van der Waals surface area contributed by atoms with Gasteiger partial charge in [-0.25, -0.2) is 0 Å². The second kappa shape index (κ2) is 11.6. The first kappa shape index (κ1) is 25.8. The maximum atomic E-state index is 13.1. The zero-order valence-electron chi connectivity index (χ0n) is 19.6. The Morgan fingerprint density at radius 2 is 1.89 bits per heavy atom. The molecule has 6 nitrogen and oxygen atoms in total. The van der Waals surface area contributed by atoms with Crippen molar-refractivity contribution in [3.63, 3.8) is 0 Å². The zero-order chi connectivity index (χ0) is 25.7. The summed E-state index contributed by atoms with van der Waals surface area (Å²) < 4.78 is 11.9. The minimum atomic E-state index is -0.330. The van der Waals surface area contributed by atoms with Gasteiger partial charge in [-0.15, -0.1) is 0 Å². The highest BCUT2D eigenvalue weighted by Gasteiger charge is 2.34. The van der Waals surface area contributed by atoms with Crippen LogP contribution >= 0.6 is 35.6 Å². The van der Waals surface area contributed by atoms with Gasteiger partial charge in [0.15, 0.2) is 22.4 Å². The Balaban J connectivity index is 1.48. The Bertz CT molecular complexity index is 1360. The molecular weight excluding hydrogens is 516 g/mol. The van der Waals surface area contributed by atoms with Gasteiger partial charge >= 0.3 is 0 Å². The molecule has 1 saturated heterocycles. The molecule has 4 rings (SSSR count). The molecule has 0 unspecified atom stereocenters. The molecule has 0 atom stereocenters. The molecule has 1 fully saturated rings. The van der Waals surface area contributed by atoms with Crippen molar-refractivity contribution >= 4 is 69.2 Å². The third-order valence-corrected chi connectivity index (χ3v) is 6.72. The molecule has 1 heterocycles. The monoisotopic (exact) mass is 538 g/mol. The first-order valence-corrected chi connectivity index (χ1v) is 12.7. The SMILES string of the molecule is CCOc1cc(/C=C2\SC(=S)N(c3ccccc3C)C2=O)ccc1OCC(=O)Nc1cccc(Cl)c1. The molecular formula is C27H23ClN2O4S2. The number of hydrogen-bond donors (Lipinski definition) is 1. The average molecular weight is 539 g/mol. The molecule has 9 heteroatoms. The van der Waals surface area contributed by atoms with E-state index < -0.39 is 0 Å². The summed E-state index contributed by atoms with van der Waals surface area (Å²) in [6.07, 6.45) is 1.77. The van der Waals surface area contributed by atoms with E-state index in [1.807, 2.05) is 38.1 Å². The zero-order valence-corrected chi connectivity index (χ0v) is 22.0. The van der Waals surface area contributed by atoms with Crippen molar-refractivity contribution in [3.8, 4) is 11.5 Å². The molecule has 2 amide bonds. The summed E-state index contributed by atoms with van der Waals surface area (Å²) in [5.74, 6) is 0.387. The fourth-order valence-electron chi connectivity index (χ4n) is 3.55. The smallest absolute Gasteiger partial charge is 0.270 e. The molecule has 0 radical (unpaired) electrons. The number of aryl methyl sites for hydroxylation is 1. The van der Waals surface area contributed by atoms with E-state index in [1.54, 1.807) is 53.4 Å². The largest absolute Gasteiger partial charge is 0.490 e. The van der Waals surface area contributed by atoms with Crippen LogP contribution in [-0.2, 0) is 9.59 Å². The lowest BCUT2D eigenvalue weighted by Crippen LogP contribution is -2.28. The number of anilines is 2. The molecule has 0 aliphatic carbocycles. The van der Waals surface area contributed by atoms with Crippen LogP contribution < -0.4 is 19.7 Å². The highest BCUT2D eigenvalue weighted by Crippen LogP contribution is 2.38. The Morgan fingerprint density at radius 1 is 1.08 bits per heavy atom. The summed E-state index contributed by atoms with van der Waals surface area (Å²) in [6, 6.07) is 19.8. The predicted octanol–water partition coefficient (Wildman–Crippen LogP) is 6.47. The number of amides is 2. The van der Waals surface area contributed by atoms with Crippen LogP contribution in [0.15, 0.2) is 71.6 Å². The standard InChI is InChI=1S/C27H23ClN2O4S2/c1-3-33-23-13-18(11-12-22(23)34-16-25(31)29-20-9-6-8-19(28)15-20)14-24-26(32)30(27(35)36-24)21-10-5-4-7-17(21)2/h4-15H,3,16H2,1-2H3,(H,29,31)/b24-14-. The van der Waals surface area contributed by atoms with Crippen LogP contribution in [0.3, 0.4) is 0 Å². The molecule has 0 aromatic heterocycles. The lowest BCUT2D eigenvalue weighted by atomic mass is 10.1. The number of carbonyl (C=O) groups excluding carboxylic acids is 2. The van der Waals surface area contributed by atoms with Crippen LogP contribution in [0.25, 0.3) is 6.08 Å². The number of benzene rings is 3. The molecule has 36 heavy (non-hydrogen) atoms. The van der Waals surface area contributed by atoms with E-state index >= 15 is 0 Å². The molecule has 0 bridgehead atoms. The Morgan fingerprint density at radius 3 is 2.64 bits per heavy atom. The van der Waals surface area contributed by atoms with E-state index in [2.05, 4.69) is 5.32 Å². The van der Waals surface area contributed by atoms with Crippen LogP contribution in [0.5, 0.6) is 11.5 Å². The van der Waals surface area contributed by atoms with Gasteiger partial charge in [0.2, 0.25) is 0 Å². The number of hydrogen-bond acceptors (Lipinski definition) is 6. The number of para-hydroxylation sites is 1. The third kappa shape index (κ3) is 6.07. The maximum Gasteiger partial charge on any atom is 0.270 e. The third-order valence-electron chi connectivity index (χ3n) is 5.18. The lowest BCUT2D eigenvalue weighted by Gasteiger charge is -2.16. The van der Waals surface area contributed by atoms with Crippen LogP contribution in [0.4, 0.5) is 11.4 Å². The summed E-state index contributed by atoms with van der Waals surface area (Å²) >= 11 is 12.7. The predicted molar refractivity (Wildman–Crippen MR) is 150 cm³/mol. The molecule has 0 spiro atoms. The average Bonchev–Trinajstić information content (AvgIpc) is 3.11. The first-order valence-electron chi connectivity index (χ1n) is 11.1.